The van der Waals surface area contributed by atoms with E-state index < -0.39 is 0 Å². The SMILES string of the molecule is O=C1C2C(C(=O)N1c1ccccc1)[C@@H]1CC[C@H]2[C@@H]2SC=N[C@@H]21. The van der Waals surface area contributed by atoms with Crippen LogP contribution in [0.2, 0.25) is 0 Å². The molecule has 3 aliphatic carbocycles. The van der Waals surface area contributed by atoms with E-state index in [2.05, 4.69) is 4.99 Å². The first-order valence-electron chi connectivity index (χ1n) is 7.87. The Kier molecular flexibility index (Phi) is 2.60. The number of hydrogen-bond donors (Lipinski definition) is 0. The summed E-state index contributed by atoms with van der Waals surface area (Å²) in [6, 6.07) is 9.60. The predicted octanol–water partition coefficient (Wildman–Crippen LogP) is 2.34. The van der Waals surface area contributed by atoms with Gasteiger partial charge in [-0.3, -0.25) is 19.5 Å². The monoisotopic (exact) mass is 312 g/mol. The van der Waals surface area contributed by atoms with Crippen molar-refractivity contribution in [3.8, 4) is 0 Å². The molecule has 1 aromatic carbocycles. The number of aliphatic imine (C=N–C) groups is 1. The Bertz CT molecular complexity index is 689. The summed E-state index contributed by atoms with van der Waals surface area (Å²) >= 11 is 1.76. The summed E-state index contributed by atoms with van der Waals surface area (Å²) in [5.41, 5.74) is 2.65. The van der Waals surface area contributed by atoms with Crippen LogP contribution in [0, 0.1) is 23.7 Å². The van der Waals surface area contributed by atoms with Gasteiger partial charge in [-0.05, 0) is 36.8 Å². The van der Waals surface area contributed by atoms with Gasteiger partial charge in [0, 0.05) is 5.25 Å². The van der Waals surface area contributed by atoms with Gasteiger partial charge in [0.2, 0.25) is 11.8 Å². The minimum atomic E-state index is -0.149. The molecule has 4 fully saturated rings. The number of rotatable bonds is 1. The number of benzene rings is 1. The molecular weight excluding hydrogens is 296 g/mol. The zero-order valence-electron chi connectivity index (χ0n) is 12.0. The lowest BCUT2D eigenvalue weighted by Crippen LogP contribution is -2.54. The smallest absolute Gasteiger partial charge is 0.238 e. The van der Waals surface area contributed by atoms with Crippen molar-refractivity contribution in [3.63, 3.8) is 0 Å². The van der Waals surface area contributed by atoms with Gasteiger partial charge in [0.15, 0.2) is 0 Å². The lowest BCUT2D eigenvalue weighted by atomic mass is 9.57. The fourth-order valence-corrected chi connectivity index (χ4v) is 6.28. The number of hydrogen-bond acceptors (Lipinski definition) is 4. The van der Waals surface area contributed by atoms with Crippen LogP contribution in [0.25, 0.3) is 0 Å². The molecule has 1 saturated heterocycles. The minimum Gasteiger partial charge on any atom is -0.282 e. The van der Waals surface area contributed by atoms with Gasteiger partial charge in [0.1, 0.15) is 0 Å². The molecule has 112 valence electrons. The van der Waals surface area contributed by atoms with Crippen molar-refractivity contribution in [2.75, 3.05) is 4.90 Å². The van der Waals surface area contributed by atoms with Crippen LogP contribution in [-0.2, 0) is 9.59 Å². The van der Waals surface area contributed by atoms with E-state index in [1.807, 2.05) is 35.9 Å². The molecule has 0 radical (unpaired) electrons. The molecule has 5 aliphatic rings. The molecule has 2 aliphatic heterocycles. The predicted molar refractivity (Wildman–Crippen MR) is 85.8 cm³/mol. The van der Waals surface area contributed by atoms with Crippen molar-refractivity contribution >= 4 is 34.8 Å². The van der Waals surface area contributed by atoms with Crippen LogP contribution in [0.1, 0.15) is 12.8 Å². The molecular formula is C17H16N2O2S. The van der Waals surface area contributed by atoms with Crippen LogP contribution in [0.4, 0.5) is 5.69 Å². The van der Waals surface area contributed by atoms with Crippen molar-refractivity contribution < 1.29 is 9.59 Å². The Hall–Kier alpha value is -1.62. The molecule has 6 atom stereocenters. The van der Waals surface area contributed by atoms with Crippen LogP contribution < -0.4 is 4.90 Å². The highest BCUT2D eigenvalue weighted by Gasteiger charge is 2.64. The second-order valence-corrected chi connectivity index (χ2v) is 7.68. The lowest BCUT2D eigenvalue weighted by Gasteiger charge is -2.49. The highest BCUT2D eigenvalue weighted by atomic mass is 32.2. The van der Waals surface area contributed by atoms with Crippen LogP contribution in [0.3, 0.4) is 0 Å². The Morgan fingerprint density at radius 2 is 1.68 bits per heavy atom. The summed E-state index contributed by atoms with van der Waals surface area (Å²) in [5, 5.41) is 0.410. The average Bonchev–Trinajstić information content (AvgIpc) is 3.15. The molecule has 2 heterocycles. The highest BCUT2D eigenvalue weighted by Crippen LogP contribution is 2.58. The number of carbonyl (C=O) groups excluding carboxylic acids is 2. The summed E-state index contributed by atoms with van der Waals surface area (Å²) in [5.74, 6) is 0.294. The zero-order valence-corrected chi connectivity index (χ0v) is 12.8. The Morgan fingerprint density at radius 3 is 2.45 bits per heavy atom. The Morgan fingerprint density at radius 1 is 1.00 bits per heavy atom. The number of fused-ring (bicyclic) bond motifs is 1. The third-order valence-corrected chi connectivity index (χ3v) is 7.00. The minimum absolute atomic E-state index is 0.00134. The molecule has 22 heavy (non-hydrogen) atoms. The Balaban J connectivity index is 1.59. The summed E-state index contributed by atoms with van der Waals surface area (Å²) in [6.45, 7) is 0. The number of nitrogens with zero attached hydrogens (tertiary/aromatic N) is 2. The Labute approximate surface area is 133 Å². The topological polar surface area (TPSA) is 49.7 Å². The third kappa shape index (κ3) is 1.47. The van der Waals surface area contributed by atoms with Gasteiger partial charge in [-0.1, -0.05) is 18.2 Å². The third-order valence-electron chi connectivity index (χ3n) is 5.82. The number of imide groups is 1. The van der Waals surface area contributed by atoms with Gasteiger partial charge in [-0.15, -0.1) is 11.8 Å². The van der Waals surface area contributed by atoms with Gasteiger partial charge in [0.25, 0.3) is 0 Å². The maximum Gasteiger partial charge on any atom is 0.238 e. The van der Waals surface area contributed by atoms with Crippen molar-refractivity contribution in [3.05, 3.63) is 30.3 Å². The van der Waals surface area contributed by atoms with E-state index in [-0.39, 0.29) is 35.6 Å². The van der Waals surface area contributed by atoms with Gasteiger partial charge in [-0.25, -0.2) is 0 Å². The molecule has 2 amide bonds. The quantitative estimate of drug-likeness (QED) is 0.748. The van der Waals surface area contributed by atoms with E-state index in [0.717, 1.165) is 12.8 Å². The first-order valence-corrected chi connectivity index (χ1v) is 8.81. The second-order valence-electron chi connectivity index (χ2n) is 6.65. The fraction of sp³-hybridized carbons (Fsp3) is 0.471. The van der Waals surface area contributed by atoms with E-state index >= 15 is 0 Å². The number of carbonyl (C=O) groups is 2. The highest BCUT2D eigenvalue weighted by molar-refractivity contribution is 8.13. The first kappa shape index (κ1) is 12.9. The molecule has 4 nitrogen and oxygen atoms in total. The van der Waals surface area contributed by atoms with Gasteiger partial charge in [0.05, 0.1) is 29.1 Å². The normalized spacial score (nSPS) is 41.9. The summed E-state index contributed by atoms with van der Waals surface area (Å²) in [6.07, 6.45) is 2.09. The van der Waals surface area contributed by atoms with Gasteiger partial charge in [-0.2, -0.15) is 0 Å². The molecule has 5 heteroatoms. The summed E-state index contributed by atoms with van der Waals surface area (Å²) in [4.78, 5) is 32.0. The van der Waals surface area contributed by atoms with Crippen molar-refractivity contribution in [1.82, 2.24) is 0 Å². The molecule has 0 aromatic heterocycles. The van der Waals surface area contributed by atoms with Gasteiger partial charge < -0.3 is 0 Å². The standard InChI is InChI=1S/C17H16N2O2S/c20-16-12-10-6-7-11(15-14(10)18-8-22-15)13(12)17(21)19(16)9-4-2-1-3-5-9/h1-5,8,10-15H,6-7H2/t10-,11+,12?,13?,14+,15-/m0/s1. The van der Waals surface area contributed by atoms with Crippen molar-refractivity contribution in [1.29, 1.82) is 0 Å². The number of amides is 2. The summed E-state index contributed by atoms with van der Waals surface area (Å²) in [7, 11) is 0. The van der Waals surface area contributed by atoms with Crippen LogP contribution >= 0.6 is 11.8 Å². The van der Waals surface area contributed by atoms with Crippen molar-refractivity contribution in [2.45, 2.75) is 24.1 Å². The van der Waals surface area contributed by atoms with E-state index in [1.165, 1.54) is 4.90 Å². The average molecular weight is 312 g/mol. The molecule has 0 spiro atoms. The molecule has 6 rings (SSSR count). The zero-order chi connectivity index (χ0) is 14.8. The van der Waals surface area contributed by atoms with Gasteiger partial charge >= 0.3 is 0 Å². The van der Waals surface area contributed by atoms with E-state index in [1.54, 1.807) is 11.8 Å². The molecule has 2 unspecified atom stereocenters. The molecule has 1 aromatic rings. The van der Waals surface area contributed by atoms with Crippen molar-refractivity contribution in [2.24, 2.45) is 28.7 Å². The number of para-hydroxylation sites is 1. The van der Waals surface area contributed by atoms with Crippen LogP contribution in [-0.4, -0.2) is 28.7 Å². The van der Waals surface area contributed by atoms with E-state index in [0.29, 0.717) is 16.9 Å². The number of thioether (sulfide) groups is 1. The maximum absolute atomic E-state index is 13.0. The van der Waals surface area contributed by atoms with E-state index in [4.69, 9.17) is 0 Å². The second kappa shape index (κ2) is 4.44. The fourth-order valence-electron chi connectivity index (χ4n) is 4.99. The van der Waals surface area contributed by atoms with Crippen LogP contribution in [0.15, 0.2) is 35.3 Å². The maximum atomic E-state index is 13.0. The van der Waals surface area contributed by atoms with Crippen LogP contribution in [0.5, 0.6) is 0 Å². The first-order chi connectivity index (χ1) is 10.8. The molecule has 0 N–H and O–H groups in total. The summed E-state index contributed by atoms with van der Waals surface area (Å²) < 4.78 is 0. The molecule has 3 saturated carbocycles. The lowest BCUT2D eigenvalue weighted by molar-refractivity contribution is -0.129. The van der Waals surface area contributed by atoms with E-state index in [9.17, 15) is 9.59 Å². The largest absolute Gasteiger partial charge is 0.282 e. The number of anilines is 1. The molecule has 2 bridgehead atoms.